The molecule has 0 unspecified atom stereocenters. The van der Waals surface area contributed by atoms with Crippen LogP contribution in [-0.2, 0) is 5.41 Å². The zero-order valence-electron chi connectivity index (χ0n) is 26.3. The smallest absolute Gasteiger partial charge is 0.320 e. The van der Waals surface area contributed by atoms with E-state index in [0.29, 0.717) is 5.82 Å². The zero-order chi connectivity index (χ0) is 31.0. The largest absolute Gasteiger partial charge is 0.484 e. The average Bonchev–Trinajstić information content (AvgIpc) is 3.57. The van der Waals surface area contributed by atoms with Crippen molar-refractivity contribution in [2.75, 3.05) is 5.32 Å². The second-order valence-corrected chi connectivity index (χ2v) is 13.0. The van der Waals surface area contributed by atoms with Crippen molar-refractivity contribution < 1.29 is 9.53 Å². The molecule has 228 valence electrons. The number of aryl methyl sites for hydroxylation is 1. The molecule has 2 aromatic carbocycles. The summed E-state index contributed by atoms with van der Waals surface area (Å²) >= 11 is 0. The SMILES string of the molecule is Cc1ccc(-n2nc(C(C)(C)C)cc2NC(=O)N[C@@H]2CCC[C@@H](Oc3ccc4nnc(C(C)C)n4c3)c3ccccc32)cc1. The number of aromatic nitrogens is 5. The Morgan fingerprint density at radius 2 is 1.73 bits per heavy atom. The highest BCUT2D eigenvalue weighted by Gasteiger charge is 2.28. The molecule has 0 radical (unpaired) electrons. The van der Waals surface area contributed by atoms with E-state index in [1.165, 1.54) is 0 Å². The Bertz CT molecular complexity index is 1780. The molecule has 2 amide bonds. The lowest BCUT2D eigenvalue weighted by Gasteiger charge is -2.22. The van der Waals surface area contributed by atoms with Gasteiger partial charge in [-0.25, -0.2) is 9.48 Å². The van der Waals surface area contributed by atoms with Crippen LogP contribution >= 0.6 is 0 Å². The van der Waals surface area contributed by atoms with Crippen molar-refractivity contribution in [3.05, 3.63) is 101 Å². The van der Waals surface area contributed by atoms with E-state index in [1.54, 1.807) is 0 Å². The number of carbonyl (C=O) groups is 1. The van der Waals surface area contributed by atoms with E-state index in [9.17, 15) is 4.79 Å². The topological polar surface area (TPSA) is 98.4 Å². The number of hydrogen-bond donors (Lipinski definition) is 2. The fraction of sp³-hybridized carbons (Fsp3) is 0.371. The first-order valence-electron chi connectivity index (χ1n) is 15.4. The number of fused-ring (bicyclic) bond motifs is 2. The van der Waals surface area contributed by atoms with Gasteiger partial charge in [0.05, 0.1) is 23.6 Å². The van der Waals surface area contributed by atoms with Crippen LogP contribution in [-0.4, -0.2) is 30.4 Å². The van der Waals surface area contributed by atoms with E-state index in [2.05, 4.69) is 74.5 Å². The predicted octanol–water partition coefficient (Wildman–Crippen LogP) is 7.81. The van der Waals surface area contributed by atoms with E-state index in [1.807, 2.05) is 69.9 Å². The monoisotopic (exact) mass is 591 g/mol. The first-order valence-corrected chi connectivity index (χ1v) is 15.4. The number of benzene rings is 2. The second-order valence-electron chi connectivity index (χ2n) is 13.0. The van der Waals surface area contributed by atoms with Crippen molar-refractivity contribution in [3.8, 4) is 11.4 Å². The van der Waals surface area contributed by atoms with E-state index < -0.39 is 0 Å². The Labute approximate surface area is 258 Å². The second kappa shape index (κ2) is 11.8. The summed E-state index contributed by atoms with van der Waals surface area (Å²) in [4.78, 5) is 13.5. The lowest BCUT2D eigenvalue weighted by Crippen LogP contribution is -2.33. The number of ether oxygens (including phenoxy) is 1. The van der Waals surface area contributed by atoms with Crippen molar-refractivity contribution in [2.24, 2.45) is 0 Å². The van der Waals surface area contributed by atoms with Crippen LogP contribution in [0.5, 0.6) is 5.75 Å². The van der Waals surface area contributed by atoms with E-state index in [-0.39, 0.29) is 29.5 Å². The first kappa shape index (κ1) is 29.4. The Balaban J connectivity index is 1.23. The van der Waals surface area contributed by atoms with Gasteiger partial charge in [0.1, 0.15) is 23.5 Å². The molecule has 2 atom stereocenters. The van der Waals surface area contributed by atoms with Gasteiger partial charge < -0.3 is 10.1 Å². The van der Waals surface area contributed by atoms with Crippen LogP contribution in [0.25, 0.3) is 11.3 Å². The van der Waals surface area contributed by atoms with Gasteiger partial charge in [0, 0.05) is 17.4 Å². The van der Waals surface area contributed by atoms with Crippen LogP contribution in [0, 0.1) is 6.92 Å². The molecule has 0 saturated heterocycles. The van der Waals surface area contributed by atoms with Gasteiger partial charge >= 0.3 is 6.03 Å². The highest BCUT2D eigenvalue weighted by atomic mass is 16.5. The lowest BCUT2D eigenvalue weighted by molar-refractivity contribution is 0.193. The summed E-state index contributed by atoms with van der Waals surface area (Å²) in [5.74, 6) is 2.54. The highest BCUT2D eigenvalue weighted by molar-refractivity contribution is 5.89. The Kier molecular flexibility index (Phi) is 7.88. The van der Waals surface area contributed by atoms with Gasteiger partial charge in [-0.05, 0) is 61.6 Å². The van der Waals surface area contributed by atoms with Gasteiger partial charge in [-0.3, -0.25) is 9.72 Å². The number of anilines is 1. The highest BCUT2D eigenvalue weighted by Crippen LogP contribution is 2.37. The summed E-state index contributed by atoms with van der Waals surface area (Å²) in [5, 5.41) is 19.9. The molecule has 3 heterocycles. The molecule has 1 aliphatic carbocycles. The molecule has 0 aliphatic heterocycles. The Morgan fingerprint density at radius 1 is 0.977 bits per heavy atom. The zero-order valence-corrected chi connectivity index (χ0v) is 26.3. The van der Waals surface area contributed by atoms with Crippen LogP contribution in [0.4, 0.5) is 10.6 Å². The number of nitrogens with zero attached hydrogens (tertiary/aromatic N) is 5. The quantitative estimate of drug-likeness (QED) is 0.196. The molecule has 5 aromatic rings. The van der Waals surface area contributed by atoms with E-state index in [4.69, 9.17) is 9.84 Å². The van der Waals surface area contributed by atoms with Crippen LogP contribution in [0.1, 0.15) is 100 Å². The van der Waals surface area contributed by atoms with Gasteiger partial charge in [-0.15, -0.1) is 10.2 Å². The maximum atomic E-state index is 13.5. The third-order valence-corrected chi connectivity index (χ3v) is 8.18. The van der Waals surface area contributed by atoms with Crippen molar-refractivity contribution in [2.45, 2.75) is 84.3 Å². The molecule has 0 saturated carbocycles. The third kappa shape index (κ3) is 6.04. The van der Waals surface area contributed by atoms with Gasteiger partial charge in [-0.2, -0.15) is 5.10 Å². The van der Waals surface area contributed by atoms with Gasteiger partial charge in [0.2, 0.25) is 0 Å². The molecule has 0 fully saturated rings. The number of urea groups is 1. The summed E-state index contributed by atoms with van der Waals surface area (Å²) in [6.07, 6.45) is 4.37. The van der Waals surface area contributed by atoms with Crippen LogP contribution in [0.2, 0.25) is 0 Å². The summed E-state index contributed by atoms with van der Waals surface area (Å²) < 4.78 is 10.4. The molecule has 0 spiro atoms. The van der Waals surface area contributed by atoms with Crippen molar-refractivity contribution >= 4 is 17.5 Å². The van der Waals surface area contributed by atoms with Crippen molar-refractivity contribution in [3.63, 3.8) is 0 Å². The van der Waals surface area contributed by atoms with Gasteiger partial charge in [-0.1, -0.05) is 76.6 Å². The summed E-state index contributed by atoms with van der Waals surface area (Å²) in [6, 6.07) is 21.8. The third-order valence-electron chi connectivity index (χ3n) is 8.18. The maximum Gasteiger partial charge on any atom is 0.320 e. The fourth-order valence-electron chi connectivity index (χ4n) is 5.76. The minimum atomic E-state index is -0.267. The van der Waals surface area contributed by atoms with Gasteiger partial charge in [0.25, 0.3) is 0 Å². The van der Waals surface area contributed by atoms with Crippen LogP contribution in [0.15, 0.2) is 72.9 Å². The average molecular weight is 592 g/mol. The lowest BCUT2D eigenvalue weighted by atomic mass is 9.92. The molecule has 1 aliphatic rings. The predicted molar refractivity (Wildman–Crippen MR) is 173 cm³/mol. The molecular weight excluding hydrogens is 550 g/mol. The standard InChI is InChI=1S/C35H41N7O2/c1-22(2)33-39-38-31-19-18-25(21-41(31)33)44-29-13-9-12-28(26-10-7-8-11-27(26)29)36-34(43)37-32-20-30(35(4,5)6)40-42(32)24-16-14-23(3)15-17-24/h7-8,10-11,14-22,28-29H,9,12-13H2,1-6H3,(H2,36,37,43)/t28-,29-/m1/s1. The summed E-state index contributed by atoms with van der Waals surface area (Å²) in [7, 11) is 0. The number of hydrogen-bond acceptors (Lipinski definition) is 5. The maximum absolute atomic E-state index is 13.5. The molecule has 2 N–H and O–H groups in total. The minimum Gasteiger partial charge on any atom is -0.484 e. The van der Waals surface area contributed by atoms with Crippen LogP contribution in [0.3, 0.4) is 0 Å². The molecule has 0 bridgehead atoms. The molecule has 3 aromatic heterocycles. The minimum absolute atomic E-state index is 0.144. The van der Waals surface area contributed by atoms with Crippen molar-refractivity contribution in [1.29, 1.82) is 0 Å². The Hall–Kier alpha value is -4.66. The number of rotatable bonds is 6. The van der Waals surface area contributed by atoms with Crippen LogP contribution < -0.4 is 15.4 Å². The summed E-state index contributed by atoms with van der Waals surface area (Å²) in [6.45, 7) is 12.6. The Morgan fingerprint density at radius 3 is 2.45 bits per heavy atom. The number of pyridine rings is 1. The number of amides is 2. The van der Waals surface area contributed by atoms with E-state index >= 15 is 0 Å². The first-order chi connectivity index (χ1) is 21.1. The molecule has 6 rings (SSSR count). The molecule has 9 nitrogen and oxygen atoms in total. The molecule has 44 heavy (non-hydrogen) atoms. The fourth-order valence-corrected chi connectivity index (χ4v) is 5.76. The molecular formula is C35H41N7O2. The summed E-state index contributed by atoms with van der Waals surface area (Å²) in [5.41, 5.74) is 5.75. The number of carbonyl (C=O) groups excluding carboxylic acids is 1. The van der Waals surface area contributed by atoms with E-state index in [0.717, 1.165) is 64.6 Å². The van der Waals surface area contributed by atoms with Crippen molar-refractivity contribution in [1.82, 2.24) is 29.7 Å². The normalized spacial score (nSPS) is 16.9. The van der Waals surface area contributed by atoms with Gasteiger partial charge in [0.15, 0.2) is 5.65 Å². The molecule has 9 heteroatoms. The number of nitrogens with one attached hydrogen (secondary N) is 2.